The van der Waals surface area contributed by atoms with Crippen LogP contribution in [0.15, 0.2) is 12.1 Å². The van der Waals surface area contributed by atoms with Gasteiger partial charge in [-0.2, -0.15) is 0 Å². The monoisotopic (exact) mass is 231 g/mol. The van der Waals surface area contributed by atoms with Gasteiger partial charge in [0.2, 0.25) is 0 Å². The quantitative estimate of drug-likeness (QED) is 0.746. The molecule has 0 aliphatic carbocycles. The van der Waals surface area contributed by atoms with Gasteiger partial charge in [-0.1, -0.05) is 29.3 Å². The summed E-state index contributed by atoms with van der Waals surface area (Å²) in [5.41, 5.74) is 7.95. The fraction of sp³-hybridized carbons (Fsp3) is 0.400. The standard InChI is InChI=1S/C10H11Cl2NO/c1-5-10(13)8-6(4-14-5)2-3-7(11)9(8)12/h2-3,5,10H,4,13H2,1H3/t5-,10-/m1/s1. The molecule has 1 aromatic rings. The highest BCUT2D eigenvalue weighted by molar-refractivity contribution is 6.42. The van der Waals surface area contributed by atoms with Crippen molar-refractivity contribution in [1.82, 2.24) is 0 Å². The number of hydrogen-bond acceptors (Lipinski definition) is 2. The topological polar surface area (TPSA) is 35.2 Å². The van der Waals surface area contributed by atoms with E-state index in [1.54, 1.807) is 6.07 Å². The molecule has 0 unspecified atom stereocenters. The summed E-state index contributed by atoms with van der Waals surface area (Å²) in [5.74, 6) is 0. The number of halogens is 2. The maximum absolute atomic E-state index is 6.10. The van der Waals surface area contributed by atoms with E-state index in [0.29, 0.717) is 16.7 Å². The summed E-state index contributed by atoms with van der Waals surface area (Å²) in [6, 6.07) is 3.49. The molecule has 1 aromatic carbocycles. The summed E-state index contributed by atoms with van der Waals surface area (Å²) in [4.78, 5) is 0. The second-order valence-corrected chi connectivity index (χ2v) is 4.26. The van der Waals surface area contributed by atoms with Gasteiger partial charge in [-0.15, -0.1) is 0 Å². The molecule has 0 aromatic heterocycles. The van der Waals surface area contributed by atoms with E-state index in [-0.39, 0.29) is 12.1 Å². The molecule has 2 nitrogen and oxygen atoms in total. The van der Waals surface area contributed by atoms with Crippen LogP contribution in [0.3, 0.4) is 0 Å². The molecular weight excluding hydrogens is 221 g/mol. The first-order chi connectivity index (χ1) is 6.61. The summed E-state index contributed by atoms with van der Waals surface area (Å²) in [6.07, 6.45) is -0.0153. The maximum atomic E-state index is 6.10. The summed E-state index contributed by atoms with van der Waals surface area (Å²) < 4.78 is 5.48. The largest absolute Gasteiger partial charge is 0.372 e. The predicted molar refractivity (Wildman–Crippen MR) is 57.6 cm³/mol. The van der Waals surface area contributed by atoms with Crippen LogP contribution in [0.2, 0.25) is 10.0 Å². The Bertz CT molecular complexity index is 367. The van der Waals surface area contributed by atoms with E-state index in [9.17, 15) is 0 Å². The van der Waals surface area contributed by atoms with Crippen molar-refractivity contribution >= 4 is 23.2 Å². The zero-order chi connectivity index (χ0) is 10.3. The molecule has 0 radical (unpaired) electrons. The lowest BCUT2D eigenvalue weighted by atomic mass is 9.95. The van der Waals surface area contributed by atoms with E-state index < -0.39 is 0 Å². The summed E-state index contributed by atoms with van der Waals surface area (Å²) >= 11 is 12.0. The molecule has 1 aliphatic rings. The molecule has 0 spiro atoms. The Kier molecular flexibility index (Phi) is 2.71. The fourth-order valence-electron chi connectivity index (χ4n) is 1.65. The Hall–Kier alpha value is -0.280. The molecule has 2 N–H and O–H groups in total. The lowest BCUT2D eigenvalue weighted by molar-refractivity contribution is 0.0214. The van der Waals surface area contributed by atoms with Crippen molar-refractivity contribution in [3.05, 3.63) is 33.3 Å². The first-order valence-electron chi connectivity index (χ1n) is 4.45. The number of hydrogen-bond donors (Lipinski definition) is 1. The van der Waals surface area contributed by atoms with E-state index in [0.717, 1.165) is 11.1 Å². The normalized spacial score (nSPS) is 26.0. The average Bonchev–Trinajstić information content (AvgIpc) is 2.17. The van der Waals surface area contributed by atoms with Gasteiger partial charge in [0.1, 0.15) is 0 Å². The molecule has 76 valence electrons. The SMILES string of the molecule is C[C@H]1OCc2ccc(Cl)c(Cl)c2[C@@H]1N. The Morgan fingerprint density at radius 3 is 2.86 bits per heavy atom. The minimum absolute atomic E-state index is 0.0153. The lowest BCUT2D eigenvalue weighted by Gasteiger charge is -2.29. The van der Waals surface area contributed by atoms with E-state index in [4.69, 9.17) is 33.7 Å². The zero-order valence-electron chi connectivity index (χ0n) is 7.76. The smallest absolute Gasteiger partial charge is 0.0744 e. The van der Waals surface area contributed by atoms with Crippen molar-refractivity contribution in [3.8, 4) is 0 Å². The van der Waals surface area contributed by atoms with Crippen molar-refractivity contribution in [2.75, 3.05) is 0 Å². The van der Waals surface area contributed by atoms with Gasteiger partial charge in [0.25, 0.3) is 0 Å². The maximum Gasteiger partial charge on any atom is 0.0744 e. The van der Waals surface area contributed by atoms with Gasteiger partial charge in [-0.25, -0.2) is 0 Å². The first-order valence-corrected chi connectivity index (χ1v) is 5.21. The molecular formula is C10H11Cl2NO. The summed E-state index contributed by atoms with van der Waals surface area (Å²) in [5, 5.41) is 1.11. The van der Waals surface area contributed by atoms with Gasteiger partial charge in [0.05, 0.1) is 28.8 Å². The van der Waals surface area contributed by atoms with Gasteiger partial charge < -0.3 is 10.5 Å². The average molecular weight is 232 g/mol. The van der Waals surface area contributed by atoms with E-state index in [2.05, 4.69) is 0 Å². The molecule has 4 heteroatoms. The van der Waals surface area contributed by atoms with Crippen molar-refractivity contribution in [2.24, 2.45) is 5.73 Å². The van der Waals surface area contributed by atoms with Crippen LogP contribution < -0.4 is 5.73 Å². The van der Waals surface area contributed by atoms with Crippen LogP contribution >= 0.6 is 23.2 Å². The number of ether oxygens (including phenoxy) is 1. The van der Waals surface area contributed by atoms with Crippen LogP contribution in [0.5, 0.6) is 0 Å². The summed E-state index contributed by atoms with van der Waals surface area (Å²) in [6.45, 7) is 2.49. The number of nitrogens with two attached hydrogens (primary N) is 1. The Morgan fingerprint density at radius 1 is 1.43 bits per heavy atom. The van der Waals surface area contributed by atoms with Gasteiger partial charge in [-0.3, -0.25) is 0 Å². The molecule has 1 aliphatic heterocycles. The van der Waals surface area contributed by atoms with Crippen molar-refractivity contribution in [2.45, 2.75) is 25.7 Å². The second-order valence-electron chi connectivity index (χ2n) is 3.48. The fourth-order valence-corrected chi connectivity index (χ4v) is 2.13. The Balaban J connectivity index is 2.56. The second kappa shape index (κ2) is 3.70. The molecule has 0 amide bonds. The van der Waals surface area contributed by atoms with Crippen LogP contribution in [0.25, 0.3) is 0 Å². The van der Waals surface area contributed by atoms with Gasteiger partial charge >= 0.3 is 0 Å². The highest BCUT2D eigenvalue weighted by Crippen LogP contribution is 2.37. The van der Waals surface area contributed by atoms with Crippen LogP contribution in [-0.2, 0) is 11.3 Å². The highest BCUT2D eigenvalue weighted by Gasteiger charge is 2.27. The third kappa shape index (κ3) is 1.52. The predicted octanol–water partition coefficient (Wildman–Crippen LogP) is 2.91. The Morgan fingerprint density at radius 2 is 2.14 bits per heavy atom. The molecule has 1 heterocycles. The third-order valence-corrected chi connectivity index (χ3v) is 3.38. The molecule has 2 atom stereocenters. The molecule has 0 fully saturated rings. The molecule has 0 saturated heterocycles. The van der Waals surface area contributed by atoms with Crippen LogP contribution in [0.1, 0.15) is 24.1 Å². The van der Waals surface area contributed by atoms with Crippen LogP contribution in [0.4, 0.5) is 0 Å². The third-order valence-electron chi connectivity index (χ3n) is 2.56. The van der Waals surface area contributed by atoms with Gasteiger partial charge in [0, 0.05) is 0 Å². The van der Waals surface area contributed by atoms with Crippen LogP contribution in [-0.4, -0.2) is 6.10 Å². The lowest BCUT2D eigenvalue weighted by Crippen LogP contribution is -2.31. The van der Waals surface area contributed by atoms with Crippen molar-refractivity contribution in [1.29, 1.82) is 0 Å². The summed E-state index contributed by atoms with van der Waals surface area (Å²) in [7, 11) is 0. The van der Waals surface area contributed by atoms with Crippen LogP contribution in [0, 0.1) is 0 Å². The van der Waals surface area contributed by atoms with Crippen molar-refractivity contribution < 1.29 is 4.74 Å². The number of benzene rings is 1. The Labute approximate surface area is 92.9 Å². The minimum atomic E-state index is -0.190. The minimum Gasteiger partial charge on any atom is -0.372 e. The van der Waals surface area contributed by atoms with Gasteiger partial charge in [-0.05, 0) is 24.1 Å². The molecule has 14 heavy (non-hydrogen) atoms. The first kappa shape index (κ1) is 10.2. The molecule has 0 bridgehead atoms. The van der Waals surface area contributed by atoms with E-state index in [1.807, 2.05) is 13.0 Å². The van der Waals surface area contributed by atoms with Gasteiger partial charge in [0.15, 0.2) is 0 Å². The van der Waals surface area contributed by atoms with E-state index >= 15 is 0 Å². The molecule has 2 rings (SSSR count). The highest BCUT2D eigenvalue weighted by atomic mass is 35.5. The molecule has 0 saturated carbocycles. The van der Waals surface area contributed by atoms with Crippen molar-refractivity contribution in [3.63, 3.8) is 0 Å². The zero-order valence-corrected chi connectivity index (χ0v) is 9.27. The number of fused-ring (bicyclic) bond motifs is 1. The number of rotatable bonds is 0. The van der Waals surface area contributed by atoms with E-state index in [1.165, 1.54) is 0 Å².